The molecular formula is C19H16FNO3S. The number of aromatic nitrogens is 1. The number of methoxy groups -OCH3 is 1. The van der Waals surface area contributed by atoms with Gasteiger partial charge in [0.25, 0.3) is 0 Å². The van der Waals surface area contributed by atoms with Crippen LogP contribution in [0.25, 0.3) is 10.6 Å². The molecule has 0 atom stereocenters. The zero-order valence-corrected chi connectivity index (χ0v) is 14.4. The number of hydrogen-bond donors (Lipinski definition) is 0. The van der Waals surface area contributed by atoms with Crippen LogP contribution in [-0.4, -0.2) is 18.1 Å². The predicted octanol–water partition coefficient (Wildman–Crippen LogP) is 4.45. The van der Waals surface area contributed by atoms with Gasteiger partial charge in [0.1, 0.15) is 17.4 Å². The summed E-state index contributed by atoms with van der Waals surface area (Å²) in [5.41, 5.74) is 2.87. The van der Waals surface area contributed by atoms with Gasteiger partial charge in [-0.15, -0.1) is 11.3 Å². The Labute approximate surface area is 148 Å². The minimum absolute atomic E-state index is 0.0883. The second-order valence-corrected chi connectivity index (χ2v) is 6.22. The van der Waals surface area contributed by atoms with E-state index in [1.165, 1.54) is 23.5 Å². The molecule has 0 radical (unpaired) electrons. The zero-order valence-electron chi connectivity index (χ0n) is 13.6. The molecule has 0 unspecified atom stereocenters. The maximum absolute atomic E-state index is 13.0. The average Bonchev–Trinajstić information content (AvgIpc) is 3.10. The molecule has 1 aromatic heterocycles. The molecule has 2 aromatic carbocycles. The highest BCUT2D eigenvalue weighted by Gasteiger charge is 2.10. The van der Waals surface area contributed by atoms with Crippen molar-refractivity contribution in [2.45, 2.75) is 13.2 Å². The lowest BCUT2D eigenvalue weighted by Crippen LogP contribution is -2.06. The Bertz CT molecular complexity index is 861. The molecule has 0 bridgehead atoms. The number of nitrogens with zero attached hydrogens (tertiary/aromatic N) is 1. The van der Waals surface area contributed by atoms with Gasteiger partial charge in [-0.1, -0.05) is 12.1 Å². The van der Waals surface area contributed by atoms with Crippen LogP contribution in [0.1, 0.15) is 21.6 Å². The quantitative estimate of drug-likeness (QED) is 0.612. The molecule has 0 N–H and O–H groups in total. The molecule has 0 aliphatic carbocycles. The van der Waals surface area contributed by atoms with Crippen LogP contribution in [0.2, 0.25) is 0 Å². The number of halogens is 1. The first kappa shape index (κ1) is 17.3. The van der Waals surface area contributed by atoms with E-state index in [1.807, 2.05) is 11.4 Å². The van der Waals surface area contributed by atoms with Crippen LogP contribution in [0.3, 0.4) is 0 Å². The number of ether oxygens (including phenoxy) is 2. The molecular weight excluding hydrogens is 341 g/mol. The van der Waals surface area contributed by atoms with Gasteiger partial charge in [0.2, 0.25) is 0 Å². The highest BCUT2D eigenvalue weighted by Crippen LogP contribution is 2.24. The van der Waals surface area contributed by atoms with Crippen molar-refractivity contribution in [3.63, 3.8) is 0 Å². The molecule has 0 spiro atoms. The molecule has 0 amide bonds. The smallest absolute Gasteiger partial charge is 0.338 e. The number of hydrogen-bond acceptors (Lipinski definition) is 5. The number of benzene rings is 2. The van der Waals surface area contributed by atoms with Gasteiger partial charge >= 0.3 is 5.97 Å². The van der Waals surface area contributed by atoms with Crippen molar-refractivity contribution in [1.82, 2.24) is 4.98 Å². The minimum atomic E-state index is -0.408. The van der Waals surface area contributed by atoms with Gasteiger partial charge in [-0.3, -0.25) is 0 Å². The van der Waals surface area contributed by atoms with Crippen LogP contribution < -0.4 is 0 Å². The minimum Gasteiger partial charge on any atom is -0.456 e. The molecule has 6 heteroatoms. The lowest BCUT2D eigenvalue weighted by molar-refractivity contribution is 0.0468. The van der Waals surface area contributed by atoms with Crippen LogP contribution in [-0.2, 0) is 22.7 Å². The number of carbonyl (C=O) groups excluding carboxylic acids is 1. The maximum atomic E-state index is 13.0. The first-order chi connectivity index (χ1) is 12.2. The van der Waals surface area contributed by atoms with Crippen molar-refractivity contribution in [3.05, 3.63) is 76.5 Å². The molecule has 0 aliphatic rings. The number of esters is 1. The van der Waals surface area contributed by atoms with Crippen LogP contribution in [0.5, 0.6) is 0 Å². The molecule has 3 rings (SSSR count). The second kappa shape index (κ2) is 8.00. The third-order valence-electron chi connectivity index (χ3n) is 3.47. The third-order valence-corrected chi connectivity index (χ3v) is 4.41. The highest BCUT2D eigenvalue weighted by molar-refractivity contribution is 7.13. The number of carbonyl (C=O) groups is 1. The molecule has 1 heterocycles. The van der Waals surface area contributed by atoms with E-state index in [0.717, 1.165) is 16.1 Å². The Morgan fingerprint density at radius 2 is 1.96 bits per heavy atom. The molecule has 3 aromatic rings. The van der Waals surface area contributed by atoms with Crippen molar-refractivity contribution in [2.24, 2.45) is 0 Å². The summed E-state index contributed by atoms with van der Waals surface area (Å²) < 4.78 is 23.4. The van der Waals surface area contributed by atoms with E-state index in [4.69, 9.17) is 9.47 Å². The van der Waals surface area contributed by atoms with Crippen LogP contribution in [0.4, 0.5) is 4.39 Å². The highest BCUT2D eigenvalue weighted by atomic mass is 32.1. The molecule has 0 aliphatic heterocycles. The SMILES string of the molecule is COCc1cccc(C(=O)OCc2csc(-c3ccc(F)cc3)n2)c1. The summed E-state index contributed by atoms with van der Waals surface area (Å²) in [6, 6.07) is 13.3. The Hall–Kier alpha value is -2.57. The van der Waals surface area contributed by atoms with Crippen molar-refractivity contribution in [1.29, 1.82) is 0 Å². The second-order valence-electron chi connectivity index (χ2n) is 5.36. The van der Waals surface area contributed by atoms with Gasteiger partial charge < -0.3 is 9.47 Å². The van der Waals surface area contributed by atoms with Crippen molar-refractivity contribution in [2.75, 3.05) is 7.11 Å². The fraction of sp³-hybridized carbons (Fsp3) is 0.158. The lowest BCUT2D eigenvalue weighted by atomic mass is 10.1. The van der Waals surface area contributed by atoms with Gasteiger partial charge in [0, 0.05) is 18.1 Å². The van der Waals surface area contributed by atoms with E-state index in [1.54, 1.807) is 37.4 Å². The molecule has 128 valence electrons. The summed E-state index contributed by atoms with van der Waals surface area (Å²) in [5.74, 6) is -0.695. The van der Waals surface area contributed by atoms with Crippen molar-refractivity contribution in [3.8, 4) is 10.6 Å². The maximum Gasteiger partial charge on any atom is 0.338 e. The van der Waals surface area contributed by atoms with Crippen LogP contribution in [0, 0.1) is 5.82 Å². The predicted molar refractivity (Wildman–Crippen MR) is 93.8 cm³/mol. The van der Waals surface area contributed by atoms with E-state index in [2.05, 4.69) is 4.98 Å². The summed E-state index contributed by atoms with van der Waals surface area (Å²) in [6.07, 6.45) is 0. The monoisotopic (exact) mass is 357 g/mol. The summed E-state index contributed by atoms with van der Waals surface area (Å²) in [4.78, 5) is 16.6. The lowest BCUT2D eigenvalue weighted by Gasteiger charge is -2.05. The fourth-order valence-corrected chi connectivity index (χ4v) is 3.09. The Morgan fingerprint density at radius 1 is 1.16 bits per heavy atom. The molecule has 25 heavy (non-hydrogen) atoms. The summed E-state index contributed by atoms with van der Waals surface area (Å²) >= 11 is 1.42. The van der Waals surface area contributed by atoms with E-state index in [-0.39, 0.29) is 12.4 Å². The van der Waals surface area contributed by atoms with Gasteiger partial charge in [0.05, 0.1) is 17.9 Å². The van der Waals surface area contributed by atoms with Crippen molar-refractivity contribution < 1.29 is 18.7 Å². The topological polar surface area (TPSA) is 48.4 Å². The summed E-state index contributed by atoms with van der Waals surface area (Å²) in [6.45, 7) is 0.527. The molecule has 0 fully saturated rings. The Kier molecular flexibility index (Phi) is 5.53. The number of rotatable bonds is 6. The van der Waals surface area contributed by atoms with E-state index < -0.39 is 5.97 Å². The molecule has 0 saturated heterocycles. The van der Waals surface area contributed by atoms with E-state index >= 15 is 0 Å². The largest absolute Gasteiger partial charge is 0.456 e. The van der Waals surface area contributed by atoms with E-state index in [0.29, 0.717) is 17.9 Å². The van der Waals surface area contributed by atoms with Gasteiger partial charge in [-0.2, -0.15) is 0 Å². The standard InChI is InChI=1S/C19H16FNO3S/c1-23-10-13-3-2-4-15(9-13)19(22)24-11-17-12-25-18(21-17)14-5-7-16(20)8-6-14/h2-9,12H,10-11H2,1H3. The zero-order chi connectivity index (χ0) is 17.6. The van der Waals surface area contributed by atoms with Crippen LogP contribution >= 0.6 is 11.3 Å². The van der Waals surface area contributed by atoms with Gasteiger partial charge in [-0.25, -0.2) is 14.2 Å². The first-order valence-corrected chi connectivity index (χ1v) is 8.49. The average molecular weight is 357 g/mol. The fourth-order valence-electron chi connectivity index (χ4n) is 2.28. The Balaban J connectivity index is 1.63. The van der Waals surface area contributed by atoms with Crippen LogP contribution in [0.15, 0.2) is 53.9 Å². The molecule has 4 nitrogen and oxygen atoms in total. The summed E-state index contributed by atoms with van der Waals surface area (Å²) in [5, 5.41) is 2.58. The van der Waals surface area contributed by atoms with Gasteiger partial charge in [0.15, 0.2) is 0 Å². The first-order valence-electron chi connectivity index (χ1n) is 7.61. The number of thiazole rings is 1. The third kappa shape index (κ3) is 4.49. The van der Waals surface area contributed by atoms with Crippen molar-refractivity contribution >= 4 is 17.3 Å². The Morgan fingerprint density at radius 3 is 2.72 bits per heavy atom. The summed E-state index contributed by atoms with van der Waals surface area (Å²) in [7, 11) is 1.60. The normalized spacial score (nSPS) is 10.6. The van der Waals surface area contributed by atoms with Gasteiger partial charge in [-0.05, 0) is 42.0 Å². The molecule has 0 saturated carbocycles. The van der Waals surface area contributed by atoms with E-state index in [9.17, 15) is 9.18 Å².